The van der Waals surface area contributed by atoms with Crippen LogP contribution in [0.15, 0.2) is 53.8 Å². The van der Waals surface area contributed by atoms with Crippen molar-refractivity contribution in [2.45, 2.75) is 27.7 Å². The van der Waals surface area contributed by atoms with E-state index in [9.17, 15) is 0 Å². The molecule has 0 radical (unpaired) electrons. The minimum atomic E-state index is 0.321. The normalized spacial score (nSPS) is 11.3. The zero-order valence-corrected chi connectivity index (χ0v) is 15.5. The summed E-state index contributed by atoms with van der Waals surface area (Å²) in [5.41, 5.74) is 3.48. The molecule has 0 unspecified atom stereocenters. The molecule has 2 heterocycles. The quantitative estimate of drug-likeness (QED) is 0.588. The van der Waals surface area contributed by atoms with Crippen molar-refractivity contribution in [2.75, 3.05) is 0 Å². The van der Waals surface area contributed by atoms with Crippen LogP contribution in [0.1, 0.15) is 25.1 Å². The first-order valence-corrected chi connectivity index (χ1v) is 8.60. The largest absolute Gasteiger partial charge is 0.437 e. The average molecular weight is 346 g/mol. The van der Waals surface area contributed by atoms with Gasteiger partial charge in [-0.05, 0) is 44.0 Å². The minimum Gasteiger partial charge on any atom is -0.437 e. The van der Waals surface area contributed by atoms with Gasteiger partial charge in [-0.25, -0.2) is 4.98 Å². The van der Waals surface area contributed by atoms with Crippen LogP contribution in [0.5, 0.6) is 11.6 Å². The van der Waals surface area contributed by atoms with Gasteiger partial charge in [-0.15, -0.1) is 0 Å². The molecule has 0 saturated heterocycles. The molecule has 26 heavy (non-hydrogen) atoms. The van der Waals surface area contributed by atoms with Gasteiger partial charge in [0, 0.05) is 24.2 Å². The first-order valence-electron chi connectivity index (χ1n) is 8.60. The van der Waals surface area contributed by atoms with Crippen molar-refractivity contribution in [1.82, 2.24) is 15.0 Å². The van der Waals surface area contributed by atoms with Gasteiger partial charge in [-0.2, -0.15) is 4.98 Å². The molecule has 1 aromatic carbocycles. The maximum Gasteiger partial charge on any atom is 0.249 e. The van der Waals surface area contributed by atoms with Gasteiger partial charge in [-0.1, -0.05) is 31.5 Å². The number of benzene rings is 1. The molecule has 0 fully saturated rings. The molecule has 0 aliphatic carbocycles. The molecule has 3 rings (SSSR count). The summed E-state index contributed by atoms with van der Waals surface area (Å²) in [6.07, 6.45) is 5.32. The third-order valence-corrected chi connectivity index (χ3v) is 3.70. The number of aromatic nitrogens is 3. The molecule has 0 amide bonds. The van der Waals surface area contributed by atoms with E-state index in [-0.39, 0.29) is 0 Å². The highest BCUT2D eigenvalue weighted by atomic mass is 16.5. The van der Waals surface area contributed by atoms with Gasteiger partial charge in [-0.3, -0.25) is 9.98 Å². The first kappa shape index (κ1) is 17.7. The van der Waals surface area contributed by atoms with E-state index in [2.05, 4.69) is 33.8 Å². The zero-order chi connectivity index (χ0) is 18.5. The number of hydrogen-bond acceptors (Lipinski definition) is 5. The highest BCUT2D eigenvalue weighted by Crippen LogP contribution is 2.34. The summed E-state index contributed by atoms with van der Waals surface area (Å²) in [7, 11) is 0. The maximum atomic E-state index is 6.06. The second-order valence-electron chi connectivity index (χ2n) is 6.46. The fourth-order valence-corrected chi connectivity index (χ4v) is 2.33. The number of aliphatic imine (C=N–C) groups is 1. The Morgan fingerprint density at radius 3 is 2.31 bits per heavy atom. The number of hydrogen-bond donors (Lipinski definition) is 0. The molecule has 0 spiro atoms. The Bertz CT molecular complexity index is 903. The Morgan fingerprint density at radius 1 is 0.962 bits per heavy atom. The molecular formula is C21H22N4O. The molecule has 3 aromatic rings. The molecule has 0 bridgehead atoms. The summed E-state index contributed by atoms with van der Waals surface area (Å²) >= 11 is 0. The number of pyridine rings is 1. The summed E-state index contributed by atoms with van der Waals surface area (Å²) in [4.78, 5) is 17.8. The molecule has 0 N–H and O–H groups in total. The van der Waals surface area contributed by atoms with E-state index in [1.165, 1.54) is 5.56 Å². The summed E-state index contributed by atoms with van der Waals surface area (Å²) < 4.78 is 6.06. The van der Waals surface area contributed by atoms with E-state index in [0.717, 1.165) is 17.0 Å². The van der Waals surface area contributed by atoms with Gasteiger partial charge in [0.15, 0.2) is 5.82 Å². The number of rotatable bonds is 5. The lowest BCUT2D eigenvalue weighted by Gasteiger charge is -2.12. The topological polar surface area (TPSA) is 60.3 Å². The van der Waals surface area contributed by atoms with Crippen molar-refractivity contribution in [3.63, 3.8) is 0 Å². The summed E-state index contributed by atoms with van der Waals surface area (Å²) in [5.74, 6) is 2.08. The summed E-state index contributed by atoms with van der Waals surface area (Å²) in [6.45, 7) is 8.11. The third kappa shape index (κ3) is 4.30. The zero-order valence-electron chi connectivity index (χ0n) is 15.5. The van der Waals surface area contributed by atoms with Crippen LogP contribution >= 0.6 is 0 Å². The van der Waals surface area contributed by atoms with Crippen LogP contribution in [0.2, 0.25) is 0 Å². The van der Waals surface area contributed by atoms with Crippen molar-refractivity contribution in [2.24, 2.45) is 10.9 Å². The van der Waals surface area contributed by atoms with E-state index in [1.54, 1.807) is 12.4 Å². The minimum absolute atomic E-state index is 0.321. The van der Waals surface area contributed by atoms with Gasteiger partial charge < -0.3 is 4.74 Å². The lowest BCUT2D eigenvalue weighted by atomic mass is 10.2. The maximum absolute atomic E-state index is 6.06. The van der Waals surface area contributed by atoms with E-state index >= 15 is 0 Å². The molecule has 132 valence electrons. The molecule has 2 aromatic heterocycles. The van der Waals surface area contributed by atoms with Crippen LogP contribution in [0.3, 0.4) is 0 Å². The van der Waals surface area contributed by atoms with Crippen molar-refractivity contribution in [3.05, 3.63) is 60.0 Å². The van der Waals surface area contributed by atoms with E-state index in [4.69, 9.17) is 4.74 Å². The fraction of sp³-hybridized carbons (Fsp3) is 0.238. The second kappa shape index (κ2) is 7.87. The van der Waals surface area contributed by atoms with Gasteiger partial charge in [0.25, 0.3) is 0 Å². The van der Waals surface area contributed by atoms with E-state index in [0.29, 0.717) is 23.3 Å². The van der Waals surface area contributed by atoms with Crippen LogP contribution in [-0.4, -0.2) is 21.2 Å². The van der Waals surface area contributed by atoms with Gasteiger partial charge in [0.2, 0.25) is 5.88 Å². The lowest BCUT2D eigenvalue weighted by Crippen LogP contribution is -1.98. The van der Waals surface area contributed by atoms with E-state index < -0.39 is 0 Å². The molecule has 5 heteroatoms. The Labute approximate surface area is 153 Å². The van der Waals surface area contributed by atoms with Crippen LogP contribution in [0.4, 0.5) is 5.69 Å². The molecule has 0 saturated carbocycles. The highest BCUT2D eigenvalue weighted by Gasteiger charge is 2.14. The molecule has 5 nitrogen and oxygen atoms in total. The van der Waals surface area contributed by atoms with Crippen LogP contribution in [0, 0.1) is 19.8 Å². The fourth-order valence-electron chi connectivity index (χ4n) is 2.33. The van der Waals surface area contributed by atoms with Crippen molar-refractivity contribution in [3.8, 4) is 23.0 Å². The predicted octanol–water partition coefficient (Wildman–Crippen LogP) is 5.31. The monoisotopic (exact) mass is 346 g/mol. The summed E-state index contributed by atoms with van der Waals surface area (Å²) in [6, 6.07) is 11.6. The van der Waals surface area contributed by atoms with Crippen molar-refractivity contribution in [1.29, 1.82) is 0 Å². The highest BCUT2D eigenvalue weighted by molar-refractivity contribution is 5.69. The van der Waals surface area contributed by atoms with E-state index in [1.807, 2.05) is 56.5 Å². The van der Waals surface area contributed by atoms with Crippen LogP contribution in [0.25, 0.3) is 11.4 Å². The SMILES string of the molecule is Cc1ccc(Oc2nc(-c3ccncc3)nc(C)c2N=CC(C)C)cc1. The first-order chi connectivity index (χ1) is 12.5. The summed E-state index contributed by atoms with van der Waals surface area (Å²) in [5, 5.41) is 0. The Kier molecular flexibility index (Phi) is 5.37. The average Bonchev–Trinajstić information content (AvgIpc) is 2.63. The standard InChI is InChI=1S/C21H22N4O/c1-14(2)13-23-19-16(4)24-20(17-9-11-22-12-10-17)25-21(19)26-18-7-5-15(3)6-8-18/h5-14H,1-4H3. The molecule has 0 aliphatic rings. The predicted molar refractivity (Wildman–Crippen MR) is 104 cm³/mol. The van der Waals surface area contributed by atoms with Crippen LogP contribution < -0.4 is 4.74 Å². The Balaban J connectivity index is 2.07. The Hall–Kier alpha value is -3.08. The number of aryl methyl sites for hydroxylation is 2. The van der Waals surface area contributed by atoms with Crippen molar-refractivity contribution < 1.29 is 4.74 Å². The van der Waals surface area contributed by atoms with Crippen molar-refractivity contribution >= 4 is 11.9 Å². The van der Waals surface area contributed by atoms with Gasteiger partial charge in [0.05, 0.1) is 5.69 Å². The molecule has 0 atom stereocenters. The molecular weight excluding hydrogens is 324 g/mol. The molecule has 0 aliphatic heterocycles. The number of ether oxygens (including phenoxy) is 1. The van der Waals surface area contributed by atoms with Gasteiger partial charge in [0.1, 0.15) is 11.4 Å². The smallest absolute Gasteiger partial charge is 0.249 e. The van der Waals surface area contributed by atoms with Gasteiger partial charge >= 0.3 is 0 Å². The number of nitrogens with zero attached hydrogens (tertiary/aromatic N) is 4. The third-order valence-electron chi connectivity index (χ3n) is 3.70. The lowest BCUT2D eigenvalue weighted by molar-refractivity contribution is 0.463. The Morgan fingerprint density at radius 2 is 1.65 bits per heavy atom. The van der Waals surface area contributed by atoms with Crippen LogP contribution in [-0.2, 0) is 0 Å². The second-order valence-corrected chi connectivity index (χ2v) is 6.46.